The monoisotopic (exact) mass is 806 g/mol. The van der Waals surface area contributed by atoms with Crippen molar-refractivity contribution in [2.45, 2.75) is 82.9 Å². The molecule has 0 bridgehead atoms. The molecule has 0 radical (unpaired) electrons. The Morgan fingerprint density at radius 3 is 2.17 bits per heavy atom. The fraction of sp³-hybridized carbons (Fsp3) is 0.292. The van der Waals surface area contributed by atoms with E-state index in [4.69, 9.17) is 19.2 Å². The molecule has 2 atom stereocenters. The Balaban J connectivity index is 0.961. The van der Waals surface area contributed by atoms with Gasteiger partial charge in [0.2, 0.25) is 5.91 Å². The zero-order valence-electron chi connectivity index (χ0n) is 33.6. The first-order chi connectivity index (χ1) is 28.4. The van der Waals surface area contributed by atoms with Crippen LogP contribution in [0.1, 0.15) is 80.8 Å². The second kappa shape index (κ2) is 15.3. The molecule has 59 heavy (non-hydrogen) atoms. The molecule has 0 spiro atoms. The number of benzene rings is 5. The predicted octanol–water partition coefficient (Wildman–Crippen LogP) is 9.00. The van der Waals surface area contributed by atoms with Crippen LogP contribution in [0.4, 0.5) is 22.7 Å². The number of methoxy groups -OCH3 is 1. The Kier molecular flexibility index (Phi) is 9.95. The Labute approximate surface area is 349 Å². The van der Waals surface area contributed by atoms with Crippen molar-refractivity contribution >= 4 is 59.3 Å². The number of anilines is 3. The molecule has 4 aliphatic heterocycles. The number of aryl methyl sites for hydroxylation is 2. The van der Waals surface area contributed by atoms with Crippen LogP contribution in [0, 0.1) is 6.92 Å². The maximum Gasteiger partial charge on any atom is 0.261 e. The number of carbonyl (C=O) groups is 3. The number of amides is 3. The van der Waals surface area contributed by atoms with Crippen molar-refractivity contribution in [3.05, 3.63) is 136 Å². The van der Waals surface area contributed by atoms with Gasteiger partial charge in [-0.05, 0) is 108 Å². The van der Waals surface area contributed by atoms with Gasteiger partial charge in [0, 0.05) is 58.5 Å². The summed E-state index contributed by atoms with van der Waals surface area (Å²) in [6, 6.07) is 29.3. The predicted molar refractivity (Wildman–Crippen MR) is 234 cm³/mol. The van der Waals surface area contributed by atoms with E-state index in [1.165, 1.54) is 5.56 Å². The standard InChI is InChI=1S/C48H46N4O6S/c1-28-15-38-39(49-25-36-20-33-10-6-8-12-41(33)52(36)47(38)55)23-42(28)57-26-29-16-30(18-34(17-29)50-45(53)24-48(2,3)59)27-58-44-21-31-13-14-35-19-32-9-5-7-11-40(32)51(35)46(54)37(31)22-43(44)56-4/h5-12,15-18,21-23,25,35-36,59H,13-14,19-20,24,26-27H2,1-4H3,(H,50,53)/t35-,36+/m1/s1. The Morgan fingerprint density at radius 1 is 0.797 bits per heavy atom. The number of aliphatic imine (C=N–C) groups is 1. The number of hydrogen-bond acceptors (Lipinski definition) is 8. The largest absolute Gasteiger partial charge is 0.493 e. The number of fused-ring (bicyclic) bond motifs is 8. The number of ether oxygens (including phenoxy) is 3. The van der Waals surface area contributed by atoms with E-state index < -0.39 is 4.75 Å². The highest BCUT2D eigenvalue weighted by Crippen LogP contribution is 2.42. The summed E-state index contributed by atoms with van der Waals surface area (Å²) in [5.74, 6) is 1.34. The van der Waals surface area contributed by atoms with Gasteiger partial charge in [-0.2, -0.15) is 12.6 Å². The molecular formula is C48H46N4O6S. The van der Waals surface area contributed by atoms with Gasteiger partial charge in [0.15, 0.2) is 11.5 Å². The third-order valence-electron chi connectivity index (χ3n) is 11.5. The lowest BCUT2D eigenvalue weighted by Crippen LogP contribution is -2.37. The maximum atomic E-state index is 14.0. The van der Waals surface area contributed by atoms with Crippen molar-refractivity contribution in [3.8, 4) is 17.2 Å². The van der Waals surface area contributed by atoms with E-state index >= 15 is 0 Å². The maximum absolute atomic E-state index is 14.0. The lowest BCUT2D eigenvalue weighted by atomic mass is 9.99. The molecule has 3 amide bonds. The van der Waals surface area contributed by atoms with Crippen molar-refractivity contribution in [2.75, 3.05) is 22.2 Å². The van der Waals surface area contributed by atoms with Gasteiger partial charge in [-0.1, -0.05) is 50.2 Å². The molecule has 0 saturated heterocycles. The minimum absolute atomic E-state index is 0.0241. The van der Waals surface area contributed by atoms with Crippen LogP contribution in [0.5, 0.6) is 17.2 Å². The number of para-hydroxylation sites is 2. The molecule has 0 saturated carbocycles. The van der Waals surface area contributed by atoms with Crippen LogP contribution >= 0.6 is 12.6 Å². The highest BCUT2D eigenvalue weighted by atomic mass is 32.1. The zero-order valence-corrected chi connectivity index (χ0v) is 34.5. The van der Waals surface area contributed by atoms with Crippen LogP contribution in [-0.4, -0.2) is 47.9 Å². The topological polar surface area (TPSA) is 110 Å². The molecule has 4 aliphatic rings. The minimum Gasteiger partial charge on any atom is -0.493 e. The molecule has 0 aromatic heterocycles. The lowest BCUT2D eigenvalue weighted by Gasteiger charge is -2.23. The summed E-state index contributed by atoms with van der Waals surface area (Å²) in [6.45, 7) is 6.06. The molecule has 5 aromatic rings. The third kappa shape index (κ3) is 7.55. The van der Waals surface area contributed by atoms with Crippen LogP contribution < -0.4 is 29.3 Å². The van der Waals surface area contributed by atoms with Crippen LogP contribution in [0.2, 0.25) is 0 Å². The van der Waals surface area contributed by atoms with Gasteiger partial charge >= 0.3 is 0 Å². The first-order valence-corrected chi connectivity index (χ1v) is 20.5. The zero-order chi connectivity index (χ0) is 41.0. The van der Waals surface area contributed by atoms with Gasteiger partial charge in [-0.25, -0.2) is 0 Å². The van der Waals surface area contributed by atoms with Crippen LogP contribution in [-0.2, 0) is 37.3 Å². The number of carbonyl (C=O) groups excluding carboxylic acids is 3. The molecule has 0 unspecified atom stereocenters. The molecule has 9 rings (SSSR count). The summed E-state index contributed by atoms with van der Waals surface area (Å²) in [7, 11) is 1.58. The minimum atomic E-state index is -0.495. The molecule has 1 N–H and O–H groups in total. The van der Waals surface area contributed by atoms with Gasteiger partial charge in [-0.15, -0.1) is 0 Å². The Hall–Kier alpha value is -6.07. The Morgan fingerprint density at radius 2 is 1.46 bits per heavy atom. The van der Waals surface area contributed by atoms with E-state index in [9.17, 15) is 14.4 Å². The summed E-state index contributed by atoms with van der Waals surface area (Å²) in [5.41, 5.74) is 9.89. The highest BCUT2D eigenvalue weighted by molar-refractivity contribution is 7.81. The van der Waals surface area contributed by atoms with Gasteiger partial charge in [0.25, 0.3) is 11.8 Å². The van der Waals surface area contributed by atoms with Crippen LogP contribution in [0.15, 0.2) is 96.0 Å². The number of hydrogen-bond donors (Lipinski definition) is 2. The SMILES string of the molecule is COc1cc2c(cc1OCc1cc(COc3cc4c(cc3C)C(=O)N3c5ccccc5C[C@H]3C=N4)cc(NC(=O)CC(C)(C)S)c1)CC[C@@H]1Cc3ccccc3N1C2=O. The summed E-state index contributed by atoms with van der Waals surface area (Å²) in [4.78, 5) is 49.5. The van der Waals surface area contributed by atoms with Gasteiger partial charge in [0.05, 0.1) is 24.4 Å². The van der Waals surface area contributed by atoms with Crippen molar-refractivity contribution in [1.29, 1.82) is 0 Å². The van der Waals surface area contributed by atoms with E-state index in [1.807, 2.05) is 110 Å². The highest BCUT2D eigenvalue weighted by Gasteiger charge is 2.38. The quantitative estimate of drug-likeness (QED) is 0.137. The normalized spacial score (nSPS) is 17.5. The molecule has 10 nitrogen and oxygen atoms in total. The number of rotatable bonds is 10. The molecule has 0 fully saturated rings. The molecule has 5 aromatic carbocycles. The summed E-state index contributed by atoms with van der Waals surface area (Å²) >= 11 is 4.56. The van der Waals surface area contributed by atoms with Crippen molar-refractivity contribution in [2.24, 2.45) is 4.99 Å². The van der Waals surface area contributed by atoms with Crippen molar-refractivity contribution in [3.63, 3.8) is 0 Å². The molecule has 0 aliphatic carbocycles. The van der Waals surface area contributed by atoms with Gasteiger partial charge in [0.1, 0.15) is 19.0 Å². The molecule has 4 heterocycles. The summed E-state index contributed by atoms with van der Waals surface area (Å²) in [5, 5.41) is 3.04. The fourth-order valence-electron chi connectivity index (χ4n) is 8.82. The lowest BCUT2D eigenvalue weighted by molar-refractivity contribution is -0.116. The fourth-order valence-corrected chi connectivity index (χ4v) is 8.96. The second-order valence-corrected chi connectivity index (χ2v) is 17.7. The van der Waals surface area contributed by atoms with Crippen LogP contribution in [0.25, 0.3) is 0 Å². The van der Waals surface area contributed by atoms with E-state index in [0.29, 0.717) is 39.8 Å². The third-order valence-corrected chi connectivity index (χ3v) is 11.7. The van der Waals surface area contributed by atoms with E-state index in [1.54, 1.807) is 13.2 Å². The molecule has 11 heteroatoms. The smallest absolute Gasteiger partial charge is 0.261 e. The number of thiol groups is 1. The molecular weight excluding hydrogens is 761 g/mol. The number of nitrogens with zero attached hydrogens (tertiary/aromatic N) is 3. The average Bonchev–Trinajstić information content (AvgIpc) is 3.70. The second-order valence-electron chi connectivity index (χ2n) is 16.5. The summed E-state index contributed by atoms with van der Waals surface area (Å²) in [6.07, 6.45) is 5.21. The molecule has 300 valence electrons. The van der Waals surface area contributed by atoms with Crippen molar-refractivity contribution in [1.82, 2.24) is 0 Å². The first-order valence-electron chi connectivity index (χ1n) is 20.1. The Bertz CT molecular complexity index is 2560. The van der Waals surface area contributed by atoms with Gasteiger partial charge in [-0.3, -0.25) is 24.3 Å². The van der Waals surface area contributed by atoms with Crippen molar-refractivity contribution < 1.29 is 28.6 Å². The summed E-state index contributed by atoms with van der Waals surface area (Å²) < 4.78 is 18.2. The van der Waals surface area contributed by atoms with Gasteiger partial charge < -0.3 is 24.4 Å². The van der Waals surface area contributed by atoms with E-state index in [2.05, 4.69) is 30.1 Å². The van der Waals surface area contributed by atoms with Crippen LogP contribution in [0.3, 0.4) is 0 Å². The van der Waals surface area contributed by atoms with E-state index in [0.717, 1.165) is 64.9 Å². The first kappa shape index (κ1) is 38.4. The average molecular weight is 807 g/mol. The van der Waals surface area contributed by atoms with E-state index in [-0.39, 0.29) is 49.4 Å². The number of nitrogens with one attached hydrogen (secondary N) is 1.